The SMILES string of the molecule is CC(C)(C)c1cc(F)c2c(N)nccc2c1.CC(C)(C)c1cc2ccnc(N)c2cc1F.CC(C)(C)c1ccc2c(N)ncc(F)c2c1.CC(C)(C)c1ccc2c(N)nccc2c1. The van der Waals surface area contributed by atoms with E-state index in [0.29, 0.717) is 44.6 Å². The summed E-state index contributed by atoms with van der Waals surface area (Å²) < 4.78 is 41.4. The molecular weight excluding hydrogens is 794 g/mol. The maximum atomic E-state index is 13.9. The van der Waals surface area contributed by atoms with Gasteiger partial charge in [-0.05, 0) is 103 Å². The highest BCUT2D eigenvalue weighted by molar-refractivity contribution is 5.94. The molecule has 0 atom stereocenters. The van der Waals surface area contributed by atoms with Gasteiger partial charge in [-0.25, -0.2) is 33.1 Å². The van der Waals surface area contributed by atoms with Crippen molar-refractivity contribution in [2.45, 2.75) is 105 Å². The van der Waals surface area contributed by atoms with Crippen LogP contribution in [0.3, 0.4) is 0 Å². The van der Waals surface area contributed by atoms with Crippen molar-refractivity contribution >= 4 is 66.4 Å². The van der Waals surface area contributed by atoms with Gasteiger partial charge in [0.05, 0.1) is 11.6 Å². The first-order chi connectivity index (χ1) is 29.2. The van der Waals surface area contributed by atoms with Gasteiger partial charge in [-0.3, -0.25) is 0 Å². The zero-order valence-corrected chi connectivity index (χ0v) is 38.5. The molecule has 8 aromatic rings. The molecule has 0 radical (unpaired) electrons. The third kappa shape index (κ3) is 11.3. The van der Waals surface area contributed by atoms with E-state index in [-0.39, 0.29) is 44.9 Å². The highest BCUT2D eigenvalue weighted by atomic mass is 19.1. The molecule has 0 aliphatic heterocycles. The molecule has 11 heteroatoms. The molecule has 0 amide bonds. The normalized spacial score (nSPS) is 12.0. The van der Waals surface area contributed by atoms with Crippen LogP contribution in [0.15, 0.2) is 104 Å². The zero-order chi connectivity index (χ0) is 46.8. The number of hydrogen-bond donors (Lipinski definition) is 4. The lowest BCUT2D eigenvalue weighted by Crippen LogP contribution is -2.13. The number of fused-ring (bicyclic) bond motifs is 4. The second-order valence-corrected chi connectivity index (χ2v) is 19.9. The molecule has 63 heavy (non-hydrogen) atoms. The third-order valence-electron chi connectivity index (χ3n) is 10.8. The lowest BCUT2D eigenvalue weighted by atomic mass is 9.85. The first-order valence-corrected chi connectivity index (χ1v) is 20.8. The van der Waals surface area contributed by atoms with E-state index >= 15 is 0 Å². The number of aromatic nitrogens is 4. The van der Waals surface area contributed by atoms with Crippen LogP contribution in [0.5, 0.6) is 0 Å². The molecule has 0 aliphatic rings. The van der Waals surface area contributed by atoms with Crippen LogP contribution in [0.4, 0.5) is 36.4 Å². The maximum absolute atomic E-state index is 13.9. The van der Waals surface area contributed by atoms with E-state index in [1.165, 1.54) is 17.8 Å². The van der Waals surface area contributed by atoms with E-state index in [1.807, 2.05) is 63.2 Å². The van der Waals surface area contributed by atoms with Crippen molar-refractivity contribution in [3.05, 3.63) is 143 Å². The van der Waals surface area contributed by atoms with Crippen molar-refractivity contribution in [3.63, 3.8) is 0 Å². The number of nitrogens with zero attached hydrogens (tertiary/aromatic N) is 4. The van der Waals surface area contributed by atoms with Gasteiger partial charge in [0.2, 0.25) is 0 Å². The van der Waals surface area contributed by atoms with Gasteiger partial charge in [-0.2, -0.15) is 0 Å². The molecule has 0 saturated heterocycles. The Balaban J connectivity index is 0.000000158. The van der Waals surface area contributed by atoms with Crippen LogP contribution in [0.25, 0.3) is 43.1 Å². The number of nitrogen functional groups attached to an aromatic ring is 4. The predicted octanol–water partition coefficient (Wildman–Crippen LogP) is 12.9. The van der Waals surface area contributed by atoms with E-state index in [1.54, 1.807) is 30.7 Å². The Kier molecular flexibility index (Phi) is 13.6. The fourth-order valence-corrected chi connectivity index (χ4v) is 6.88. The number of anilines is 4. The fourth-order valence-electron chi connectivity index (χ4n) is 6.88. The number of nitrogens with two attached hydrogens (primary N) is 4. The molecule has 0 saturated carbocycles. The molecule has 330 valence electrons. The van der Waals surface area contributed by atoms with Gasteiger partial charge in [0.1, 0.15) is 40.7 Å². The van der Waals surface area contributed by atoms with Crippen LogP contribution in [-0.4, -0.2) is 19.9 Å². The van der Waals surface area contributed by atoms with Crippen molar-refractivity contribution in [1.29, 1.82) is 0 Å². The predicted molar refractivity (Wildman–Crippen MR) is 259 cm³/mol. The number of pyridine rings is 4. The van der Waals surface area contributed by atoms with E-state index in [4.69, 9.17) is 22.9 Å². The highest BCUT2D eigenvalue weighted by Crippen LogP contribution is 2.33. The molecule has 0 fully saturated rings. The Hall–Kier alpha value is -6.49. The molecule has 4 heterocycles. The fraction of sp³-hybridized carbons (Fsp3) is 0.308. The van der Waals surface area contributed by atoms with E-state index < -0.39 is 0 Å². The zero-order valence-electron chi connectivity index (χ0n) is 38.5. The van der Waals surface area contributed by atoms with Gasteiger partial charge < -0.3 is 22.9 Å². The largest absolute Gasteiger partial charge is 0.383 e. The minimum absolute atomic E-state index is 0.00133. The number of benzene rings is 4. The lowest BCUT2D eigenvalue weighted by Gasteiger charge is -2.20. The second kappa shape index (κ2) is 18.1. The monoisotopic (exact) mass is 854 g/mol. The first kappa shape index (κ1) is 47.6. The molecule has 8 N–H and O–H groups in total. The van der Waals surface area contributed by atoms with E-state index in [9.17, 15) is 13.2 Å². The minimum Gasteiger partial charge on any atom is -0.383 e. The van der Waals surface area contributed by atoms with E-state index in [0.717, 1.165) is 32.7 Å². The molecule has 0 spiro atoms. The van der Waals surface area contributed by atoms with Crippen LogP contribution < -0.4 is 22.9 Å². The summed E-state index contributed by atoms with van der Waals surface area (Å²) in [4.78, 5) is 15.7. The van der Waals surface area contributed by atoms with Gasteiger partial charge in [0.15, 0.2) is 0 Å². The summed E-state index contributed by atoms with van der Waals surface area (Å²) in [6, 6.07) is 24.5. The average molecular weight is 855 g/mol. The number of rotatable bonds is 0. The molecule has 4 aromatic carbocycles. The Morgan fingerprint density at radius 2 is 0.825 bits per heavy atom. The smallest absolute Gasteiger partial charge is 0.149 e. The minimum atomic E-state index is -0.324. The molecule has 8 nitrogen and oxygen atoms in total. The topological polar surface area (TPSA) is 156 Å². The van der Waals surface area contributed by atoms with Crippen molar-refractivity contribution in [1.82, 2.24) is 19.9 Å². The highest BCUT2D eigenvalue weighted by Gasteiger charge is 2.21. The van der Waals surface area contributed by atoms with Crippen LogP contribution in [0, 0.1) is 17.5 Å². The summed E-state index contributed by atoms with van der Waals surface area (Å²) >= 11 is 0. The summed E-state index contributed by atoms with van der Waals surface area (Å²) in [6.45, 7) is 25.0. The summed E-state index contributed by atoms with van der Waals surface area (Å²) in [5.74, 6) is 0.750. The van der Waals surface area contributed by atoms with Crippen LogP contribution in [0.1, 0.15) is 105 Å². The summed E-state index contributed by atoms with van der Waals surface area (Å²) in [5, 5.41) is 6.23. The van der Waals surface area contributed by atoms with Gasteiger partial charge in [0.25, 0.3) is 0 Å². The standard InChI is InChI=1S/3C13H15FN2.C13H16N2/c1-13(2,3)10-6-8-4-5-16-12(15)9(8)7-11(10)14;1-13(2,3)9-6-8-4-5-16-12(15)11(8)10(14)7-9;1-13(2,3)8-4-5-9-10(6-8)11(14)7-16-12(9)15;1-13(2,3)10-4-5-11-9(8-10)6-7-15-12(11)14/h3*4-7H,1-3H3,(H2,15,16);4-8H,1-3H3,(H2,14,15). The molecule has 0 aliphatic carbocycles. The Morgan fingerprint density at radius 1 is 0.365 bits per heavy atom. The Labute approximate surface area is 369 Å². The first-order valence-electron chi connectivity index (χ1n) is 20.8. The van der Waals surface area contributed by atoms with Gasteiger partial charge in [-0.15, -0.1) is 0 Å². The van der Waals surface area contributed by atoms with Crippen molar-refractivity contribution in [3.8, 4) is 0 Å². The number of halogens is 3. The Bertz CT molecular complexity index is 2910. The molecule has 0 unspecified atom stereocenters. The quantitative estimate of drug-likeness (QED) is 0.117. The average Bonchev–Trinajstić information content (AvgIpc) is 3.18. The molecule has 0 bridgehead atoms. The van der Waals surface area contributed by atoms with Crippen LogP contribution >= 0.6 is 0 Å². The molecule has 8 rings (SSSR count). The molecular formula is C52H61F3N8. The summed E-state index contributed by atoms with van der Waals surface area (Å²) in [5.41, 5.74) is 26.8. The van der Waals surface area contributed by atoms with Gasteiger partial charge in [0, 0.05) is 40.1 Å². The Morgan fingerprint density at radius 3 is 1.38 bits per heavy atom. The van der Waals surface area contributed by atoms with Crippen molar-refractivity contribution in [2.24, 2.45) is 0 Å². The molecule has 4 aromatic heterocycles. The lowest BCUT2D eigenvalue weighted by molar-refractivity contribution is 0.524. The van der Waals surface area contributed by atoms with E-state index in [2.05, 4.69) is 100 Å². The second-order valence-electron chi connectivity index (χ2n) is 19.9. The van der Waals surface area contributed by atoms with Crippen LogP contribution in [-0.2, 0) is 21.7 Å². The summed E-state index contributed by atoms with van der Waals surface area (Å²) in [7, 11) is 0. The van der Waals surface area contributed by atoms with Gasteiger partial charge >= 0.3 is 0 Å². The van der Waals surface area contributed by atoms with Crippen molar-refractivity contribution < 1.29 is 13.2 Å². The number of hydrogen-bond acceptors (Lipinski definition) is 8. The van der Waals surface area contributed by atoms with Crippen molar-refractivity contribution in [2.75, 3.05) is 22.9 Å². The van der Waals surface area contributed by atoms with Crippen LogP contribution in [0.2, 0.25) is 0 Å². The third-order valence-corrected chi connectivity index (χ3v) is 10.8. The van der Waals surface area contributed by atoms with Gasteiger partial charge in [-0.1, -0.05) is 119 Å². The maximum Gasteiger partial charge on any atom is 0.149 e. The summed E-state index contributed by atoms with van der Waals surface area (Å²) in [6.07, 6.45) is 6.17.